The largest absolute Gasteiger partial charge is 0.395 e. The van der Waals surface area contributed by atoms with Gasteiger partial charge in [0.2, 0.25) is 0 Å². The Bertz CT molecular complexity index is 499. The first-order valence-corrected chi connectivity index (χ1v) is 8.20. The lowest BCUT2D eigenvalue weighted by molar-refractivity contribution is -0.0173. The Morgan fingerprint density at radius 2 is 1.86 bits per heavy atom. The van der Waals surface area contributed by atoms with Gasteiger partial charge in [0.15, 0.2) is 0 Å². The van der Waals surface area contributed by atoms with Crippen LogP contribution in [0.15, 0.2) is 30.3 Å². The molecule has 3 heteroatoms. The molecular formula is C19H27NO2. The van der Waals surface area contributed by atoms with Gasteiger partial charge < -0.3 is 10.2 Å². The first-order chi connectivity index (χ1) is 10.7. The molecule has 1 aromatic carbocycles. The fourth-order valence-electron chi connectivity index (χ4n) is 3.25. The number of hydrogen-bond acceptors (Lipinski definition) is 3. The van der Waals surface area contributed by atoms with Crippen molar-refractivity contribution in [2.24, 2.45) is 5.92 Å². The topological polar surface area (TPSA) is 43.7 Å². The molecule has 0 spiro atoms. The van der Waals surface area contributed by atoms with Crippen molar-refractivity contribution in [3.05, 3.63) is 35.9 Å². The van der Waals surface area contributed by atoms with Gasteiger partial charge in [-0.15, -0.1) is 0 Å². The highest BCUT2D eigenvalue weighted by Crippen LogP contribution is 2.42. The van der Waals surface area contributed by atoms with Gasteiger partial charge in [0.05, 0.1) is 13.2 Å². The van der Waals surface area contributed by atoms with Crippen molar-refractivity contribution < 1.29 is 10.2 Å². The Balaban J connectivity index is 2.07. The summed E-state index contributed by atoms with van der Waals surface area (Å²) in [5, 5.41) is 20.2. The van der Waals surface area contributed by atoms with Gasteiger partial charge in [0.1, 0.15) is 5.60 Å². The van der Waals surface area contributed by atoms with Gasteiger partial charge in [-0.1, -0.05) is 55.0 Å². The highest BCUT2D eigenvalue weighted by Gasteiger charge is 2.39. The van der Waals surface area contributed by atoms with Gasteiger partial charge in [0.25, 0.3) is 0 Å². The van der Waals surface area contributed by atoms with Gasteiger partial charge in [0, 0.05) is 13.0 Å². The van der Waals surface area contributed by atoms with E-state index in [9.17, 15) is 5.11 Å². The van der Waals surface area contributed by atoms with Gasteiger partial charge in [-0.05, 0) is 31.4 Å². The Morgan fingerprint density at radius 3 is 2.50 bits per heavy atom. The Hall–Kier alpha value is -1.34. The minimum atomic E-state index is -0.833. The van der Waals surface area contributed by atoms with Crippen molar-refractivity contribution in [3.63, 3.8) is 0 Å². The average Bonchev–Trinajstić information content (AvgIpc) is 3.07. The van der Waals surface area contributed by atoms with E-state index in [0.717, 1.165) is 18.4 Å². The SMILES string of the molecule is CN(CC#CCC(O)(c1ccccc1)C1CCCC1)CCO. The molecule has 0 aliphatic heterocycles. The molecule has 1 unspecified atom stereocenters. The number of aliphatic hydroxyl groups excluding tert-OH is 1. The fraction of sp³-hybridized carbons (Fsp3) is 0.579. The van der Waals surface area contributed by atoms with E-state index >= 15 is 0 Å². The number of benzene rings is 1. The molecule has 0 bridgehead atoms. The Labute approximate surface area is 134 Å². The summed E-state index contributed by atoms with van der Waals surface area (Å²) in [5.74, 6) is 6.60. The van der Waals surface area contributed by atoms with Crippen molar-refractivity contribution in [2.75, 3.05) is 26.7 Å². The molecule has 0 radical (unpaired) electrons. The van der Waals surface area contributed by atoms with Crippen LogP contribution in [0, 0.1) is 17.8 Å². The molecule has 22 heavy (non-hydrogen) atoms. The van der Waals surface area contributed by atoms with E-state index in [1.54, 1.807) is 0 Å². The van der Waals surface area contributed by atoms with Crippen LogP contribution in [0.3, 0.4) is 0 Å². The first kappa shape index (κ1) is 17.0. The quantitative estimate of drug-likeness (QED) is 0.793. The first-order valence-electron chi connectivity index (χ1n) is 8.20. The van der Waals surface area contributed by atoms with Crippen LogP contribution in [0.2, 0.25) is 0 Å². The van der Waals surface area contributed by atoms with Gasteiger partial charge >= 0.3 is 0 Å². The summed E-state index contributed by atoms with van der Waals surface area (Å²) >= 11 is 0. The summed E-state index contributed by atoms with van der Waals surface area (Å²) < 4.78 is 0. The van der Waals surface area contributed by atoms with Crippen molar-refractivity contribution in [1.82, 2.24) is 4.90 Å². The van der Waals surface area contributed by atoms with E-state index in [1.807, 2.05) is 42.3 Å². The maximum atomic E-state index is 11.3. The van der Waals surface area contributed by atoms with Gasteiger partial charge in [-0.25, -0.2) is 0 Å². The van der Waals surface area contributed by atoms with Gasteiger partial charge in [-0.2, -0.15) is 0 Å². The van der Waals surface area contributed by atoms with Crippen molar-refractivity contribution in [2.45, 2.75) is 37.7 Å². The summed E-state index contributed by atoms with van der Waals surface area (Å²) in [6, 6.07) is 9.97. The van der Waals surface area contributed by atoms with Crippen LogP contribution in [0.4, 0.5) is 0 Å². The molecule has 0 aromatic heterocycles. The lowest BCUT2D eigenvalue weighted by atomic mass is 9.78. The van der Waals surface area contributed by atoms with E-state index in [4.69, 9.17) is 5.11 Å². The Morgan fingerprint density at radius 1 is 1.18 bits per heavy atom. The zero-order valence-electron chi connectivity index (χ0n) is 13.5. The zero-order valence-corrected chi connectivity index (χ0v) is 13.5. The molecule has 0 amide bonds. The summed E-state index contributed by atoms with van der Waals surface area (Å²) in [7, 11) is 1.94. The van der Waals surface area contributed by atoms with Crippen LogP contribution >= 0.6 is 0 Å². The summed E-state index contributed by atoms with van der Waals surface area (Å²) in [6.07, 6.45) is 5.04. The van der Waals surface area contributed by atoms with Crippen LogP contribution in [-0.2, 0) is 5.60 Å². The lowest BCUT2D eigenvalue weighted by Crippen LogP contribution is -2.33. The molecule has 0 saturated heterocycles. The van der Waals surface area contributed by atoms with E-state index in [0.29, 0.717) is 25.4 Å². The summed E-state index contributed by atoms with van der Waals surface area (Å²) in [4.78, 5) is 1.98. The van der Waals surface area contributed by atoms with Crippen LogP contribution in [-0.4, -0.2) is 41.9 Å². The van der Waals surface area contributed by atoms with Crippen LogP contribution < -0.4 is 0 Å². The van der Waals surface area contributed by atoms with E-state index in [-0.39, 0.29) is 6.61 Å². The van der Waals surface area contributed by atoms with E-state index < -0.39 is 5.60 Å². The standard InChI is InChI=1S/C19H27NO2/c1-20(15-16-21)14-8-7-13-19(22,18-11-5-6-12-18)17-9-3-2-4-10-17/h2-4,9-10,18,21-22H,5-6,11-16H2,1H3. The number of aliphatic hydroxyl groups is 2. The average molecular weight is 301 g/mol. The number of nitrogens with zero attached hydrogens (tertiary/aromatic N) is 1. The smallest absolute Gasteiger partial charge is 0.103 e. The molecule has 0 heterocycles. The Kier molecular flexibility index (Phi) is 6.45. The minimum Gasteiger partial charge on any atom is -0.395 e. The molecule has 120 valence electrons. The zero-order chi connectivity index (χ0) is 15.8. The van der Waals surface area contributed by atoms with Crippen LogP contribution in [0.25, 0.3) is 0 Å². The molecule has 1 aromatic rings. The number of rotatable bonds is 6. The monoisotopic (exact) mass is 301 g/mol. The highest BCUT2D eigenvalue weighted by molar-refractivity contribution is 5.26. The predicted octanol–water partition coefficient (Wildman–Crippen LogP) is 2.38. The number of likely N-dealkylation sites (N-methyl/N-ethyl adjacent to an activating group) is 1. The third-order valence-corrected chi connectivity index (χ3v) is 4.62. The molecule has 1 atom stereocenters. The van der Waals surface area contributed by atoms with E-state index in [1.165, 1.54) is 12.8 Å². The normalized spacial score (nSPS) is 18.0. The van der Waals surface area contributed by atoms with E-state index in [2.05, 4.69) is 11.8 Å². The second kappa shape index (κ2) is 8.33. The summed E-state index contributed by atoms with van der Waals surface area (Å²) in [6.45, 7) is 1.39. The van der Waals surface area contributed by atoms with Crippen molar-refractivity contribution in [1.29, 1.82) is 0 Å². The van der Waals surface area contributed by atoms with Crippen molar-refractivity contribution >= 4 is 0 Å². The van der Waals surface area contributed by atoms with Gasteiger partial charge in [-0.3, -0.25) is 4.90 Å². The molecule has 1 aliphatic rings. The summed E-state index contributed by atoms with van der Waals surface area (Å²) in [5.41, 5.74) is 0.153. The second-order valence-corrected chi connectivity index (χ2v) is 6.26. The second-order valence-electron chi connectivity index (χ2n) is 6.26. The molecule has 1 saturated carbocycles. The molecule has 1 fully saturated rings. The highest BCUT2D eigenvalue weighted by atomic mass is 16.3. The maximum absolute atomic E-state index is 11.3. The van der Waals surface area contributed by atoms with Crippen molar-refractivity contribution in [3.8, 4) is 11.8 Å². The molecular weight excluding hydrogens is 274 g/mol. The lowest BCUT2D eigenvalue weighted by Gasteiger charge is -2.33. The fourth-order valence-corrected chi connectivity index (χ4v) is 3.25. The third kappa shape index (κ3) is 4.33. The maximum Gasteiger partial charge on any atom is 0.103 e. The predicted molar refractivity (Wildman–Crippen MR) is 89.3 cm³/mol. The minimum absolute atomic E-state index is 0.147. The van der Waals surface area contributed by atoms with Crippen LogP contribution in [0.1, 0.15) is 37.7 Å². The molecule has 2 rings (SSSR count). The molecule has 1 aliphatic carbocycles. The third-order valence-electron chi connectivity index (χ3n) is 4.62. The number of hydrogen-bond donors (Lipinski definition) is 2. The molecule has 2 N–H and O–H groups in total. The van der Waals surface area contributed by atoms with Crippen LogP contribution in [0.5, 0.6) is 0 Å². The molecule has 3 nitrogen and oxygen atoms in total.